The number of benzene rings is 3. The maximum absolute atomic E-state index is 6.18. The molecule has 7 heterocycles. The van der Waals surface area contributed by atoms with Crippen LogP contribution in [0.5, 0.6) is 0 Å². The van der Waals surface area contributed by atoms with E-state index in [0.717, 1.165) is 5.58 Å². The Morgan fingerprint density at radius 3 is 2.71 bits per heavy atom. The SMILES string of the molecule is c1ccc2c(c1)c1ccc3c4c([n+]5ccccc5n2c41)=[PH]1c2c(ccc4occ-3c24)-n2ccc[n+]21. The van der Waals surface area contributed by atoms with Crippen molar-refractivity contribution in [2.75, 3.05) is 0 Å². The van der Waals surface area contributed by atoms with Crippen LogP contribution in [0, 0.1) is 5.07 Å². The molecular weight excluding hydrogens is 451 g/mol. The Morgan fingerprint density at radius 1 is 0.771 bits per heavy atom. The van der Waals surface area contributed by atoms with Crippen LogP contribution >= 0.6 is 7.70 Å². The molecular formula is C29H17N4OP+2. The molecule has 1 atom stereocenters. The highest BCUT2D eigenvalue weighted by Crippen LogP contribution is 2.47. The van der Waals surface area contributed by atoms with Crippen molar-refractivity contribution < 1.29 is 13.3 Å². The first kappa shape index (κ1) is 17.1. The molecule has 162 valence electrons. The van der Waals surface area contributed by atoms with Gasteiger partial charge in [0.1, 0.15) is 16.8 Å². The Kier molecular flexibility index (Phi) is 2.69. The van der Waals surface area contributed by atoms with Crippen LogP contribution in [-0.4, -0.2) is 9.08 Å². The molecule has 1 unspecified atom stereocenters. The van der Waals surface area contributed by atoms with Crippen molar-refractivity contribution in [3.05, 3.63) is 103 Å². The second-order valence-corrected chi connectivity index (χ2v) is 11.7. The molecule has 35 heavy (non-hydrogen) atoms. The number of fused-ring (bicyclic) bond motifs is 10. The molecule has 0 N–H and O–H groups in total. The van der Waals surface area contributed by atoms with Gasteiger partial charge in [-0.15, -0.1) is 4.68 Å². The Balaban J connectivity index is 1.69. The molecule has 0 saturated heterocycles. The van der Waals surface area contributed by atoms with E-state index in [-0.39, 0.29) is 0 Å². The third-order valence-corrected chi connectivity index (χ3v) is 10.8. The van der Waals surface area contributed by atoms with Gasteiger partial charge < -0.3 is 4.42 Å². The van der Waals surface area contributed by atoms with Crippen molar-refractivity contribution in [3.63, 3.8) is 0 Å². The number of pyridine rings is 1. The van der Waals surface area contributed by atoms with E-state index in [9.17, 15) is 0 Å². The van der Waals surface area contributed by atoms with Crippen molar-refractivity contribution >= 4 is 56.8 Å². The normalized spacial score (nSPS) is 15.7. The lowest BCUT2D eigenvalue weighted by molar-refractivity contribution is -0.593. The predicted molar refractivity (Wildman–Crippen MR) is 138 cm³/mol. The first-order valence-corrected chi connectivity index (χ1v) is 13.3. The lowest BCUT2D eigenvalue weighted by atomic mass is 9.98. The van der Waals surface area contributed by atoms with E-state index in [2.05, 4.69) is 109 Å². The fourth-order valence-corrected chi connectivity index (χ4v) is 9.88. The predicted octanol–water partition coefficient (Wildman–Crippen LogP) is 5.08. The summed E-state index contributed by atoms with van der Waals surface area (Å²) in [4.78, 5) is 0. The number of para-hydroxylation sites is 1. The number of nitrogens with zero attached hydrogens (tertiary/aromatic N) is 4. The molecule has 2 aliphatic heterocycles. The Bertz CT molecular complexity index is 2340. The van der Waals surface area contributed by atoms with E-state index >= 15 is 0 Å². The van der Waals surface area contributed by atoms with Crippen molar-refractivity contribution in [2.45, 2.75) is 0 Å². The maximum Gasteiger partial charge on any atom is 0.292 e. The first-order chi connectivity index (χ1) is 17.4. The molecule has 5 nitrogen and oxygen atoms in total. The molecule has 5 aromatic heterocycles. The summed E-state index contributed by atoms with van der Waals surface area (Å²) in [6.07, 6.45) is 8.64. The van der Waals surface area contributed by atoms with E-state index in [0.29, 0.717) is 0 Å². The topological polar surface area (TPSA) is 30.5 Å². The van der Waals surface area contributed by atoms with Gasteiger partial charge in [-0.25, -0.2) is 0 Å². The summed E-state index contributed by atoms with van der Waals surface area (Å²) < 4.78 is 15.9. The minimum Gasteiger partial charge on any atom is -0.464 e. The number of rotatable bonds is 0. The number of aromatic nitrogens is 4. The summed E-state index contributed by atoms with van der Waals surface area (Å²) in [7, 11) is -1.39. The molecule has 0 spiro atoms. The van der Waals surface area contributed by atoms with Crippen LogP contribution in [-0.2, 0) is 0 Å². The highest BCUT2D eigenvalue weighted by atomic mass is 31.1. The smallest absolute Gasteiger partial charge is 0.292 e. The zero-order valence-electron chi connectivity index (χ0n) is 18.4. The van der Waals surface area contributed by atoms with Gasteiger partial charge in [-0.05, 0) is 36.4 Å². The van der Waals surface area contributed by atoms with Gasteiger partial charge in [0.15, 0.2) is 11.7 Å². The second kappa shape index (κ2) is 5.48. The quantitative estimate of drug-likeness (QED) is 0.174. The average molecular weight is 468 g/mol. The molecule has 0 bridgehead atoms. The van der Waals surface area contributed by atoms with E-state index in [1.165, 1.54) is 65.4 Å². The van der Waals surface area contributed by atoms with Crippen LogP contribution < -0.4 is 14.2 Å². The molecule has 0 saturated carbocycles. The van der Waals surface area contributed by atoms with Crippen LogP contribution in [0.1, 0.15) is 0 Å². The van der Waals surface area contributed by atoms with Gasteiger partial charge in [-0.3, -0.25) is 0 Å². The zero-order chi connectivity index (χ0) is 22.4. The van der Waals surface area contributed by atoms with Gasteiger partial charge in [-0.2, -0.15) is 8.80 Å². The summed E-state index contributed by atoms with van der Waals surface area (Å²) in [6, 6.07) is 26.5. The van der Waals surface area contributed by atoms with Gasteiger partial charge in [0.2, 0.25) is 12.8 Å². The largest absolute Gasteiger partial charge is 0.464 e. The Labute approximate surface area is 198 Å². The highest BCUT2D eigenvalue weighted by molar-refractivity contribution is 7.52. The monoisotopic (exact) mass is 468 g/mol. The highest BCUT2D eigenvalue weighted by Gasteiger charge is 2.39. The fourth-order valence-electron chi connectivity index (χ4n) is 6.73. The van der Waals surface area contributed by atoms with Gasteiger partial charge in [-0.1, -0.05) is 28.7 Å². The molecule has 0 radical (unpaired) electrons. The first-order valence-electron chi connectivity index (χ1n) is 11.9. The Hall–Kier alpha value is -4.34. The van der Waals surface area contributed by atoms with Crippen molar-refractivity contribution in [2.24, 2.45) is 0 Å². The molecule has 8 aromatic rings. The number of furan rings is 1. The van der Waals surface area contributed by atoms with E-state index < -0.39 is 7.70 Å². The van der Waals surface area contributed by atoms with E-state index in [4.69, 9.17) is 4.42 Å². The van der Waals surface area contributed by atoms with Gasteiger partial charge in [0.05, 0.1) is 29.3 Å². The molecule has 0 amide bonds. The fraction of sp³-hybridized carbons (Fsp3) is 0. The molecule has 2 aliphatic rings. The summed E-state index contributed by atoms with van der Waals surface area (Å²) in [5.74, 6) is 0. The maximum atomic E-state index is 6.18. The van der Waals surface area contributed by atoms with Crippen molar-refractivity contribution in [1.82, 2.24) is 9.08 Å². The Morgan fingerprint density at radius 2 is 1.71 bits per heavy atom. The molecule has 3 aromatic carbocycles. The van der Waals surface area contributed by atoms with E-state index in [1.807, 2.05) is 6.26 Å². The lowest BCUT2D eigenvalue weighted by Crippen LogP contribution is -2.34. The number of hydrogen-bond donors (Lipinski definition) is 0. The van der Waals surface area contributed by atoms with Crippen LogP contribution in [0.15, 0.2) is 102 Å². The lowest BCUT2D eigenvalue weighted by Gasteiger charge is -2.06. The third-order valence-electron chi connectivity index (χ3n) is 8.01. The minimum absolute atomic E-state index is 0.970. The van der Waals surface area contributed by atoms with Gasteiger partial charge in [0.25, 0.3) is 5.65 Å². The van der Waals surface area contributed by atoms with Crippen LogP contribution in [0.25, 0.3) is 60.6 Å². The van der Waals surface area contributed by atoms with Crippen LogP contribution in [0.2, 0.25) is 0 Å². The standard InChI is InChI=1S/C29H17N4OP/c1-2-7-21-17(6-1)19-10-9-18-20-16-34-23-12-11-22-28(25(20)23)35(32-15-5-14-31(22)32)29-26(18)27(19)33(21)24-8-3-4-13-30(24)29/h1-16,35H/q+2. The van der Waals surface area contributed by atoms with E-state index in [1.54, 1.807) is 0 Å². The molecule has 0 fully saturated rings. The van der Waals surface area contributed by atoms with Crippen LogP contribution in [0.3, 0.4) is 0 Å². The van der Waals surface area contributed by atoms with Crippen molar-refractivity contribution in [1.29, 1.82) is 0 Å². The number of hydrogen-bond acceptors (Lipinski definition) is 1. The molecule has 10 rings (SSSR count). The van der Waals surface area contributed by atoms with Gasteiger partial charge >= 0.3 is 0 Å². The zero-order valence-corrected chi connectivity index (χ0v) is 19.4. The van der Waals surface area contributed by atoms with Gasteiger partial charge in [0, 0.05) is 39.4 Å². The second-order valence-electron chi connectivity index (χ2n) is 9.52. The van der Waals surface area contributed by atoms with Crippen LogP contribution in [0.4, 0.5) is 0 Å². The summed E-state index contributed by atoms with van der Waals surface area (Å²) in [5.41, 5.74) is 8.44. The molecule has 0 aliphatic carbocycles. The van der Waals surface area contributed by atoms with Crippen molar-refractivity contribution in [3.8, 4) is 16.8 Å². The summed E-state index contributed by atoms with van der Waals surface area (Å²) in [5, 5.41) is 8.02. The average Bonchev–Trinajstić information content (AvgIpc) is 3.65. The molecule has 6 heteroatoms. The minimum atomic E-state index is -1.39. The summed E-state index contributed by atoms with van der Waals surface area (Å²) in [6.45, 7) is 0. The third kappa shape index (κ3) is 1.73. The summed E-state index contributed by atoms with van der Waals surface area (Å²) >= 11 is 0.